The molecule has 0 aliphatic rings. The van der Waals surface area contributed by atoms with Gasteiger partial charge in [-0.2, -0.15) is 4.98 Å². The minimum Gasteiger partial charge on any atom is -0.337 e. The van der Waals surface area contributed by atoms with Crippen LogP contribution in [0, 0.1) is 0 Å². The van der Waals surface area contributed by atoms with E-state index >= 15 is 0 Å². The molecule has 0 fully saturated rings. The second-order valence-corrected chi connectivity index (χ2v) is 4.19. The Kier molecular flexibility index (Phi) is 2.82. The van der Waals surface area contributed by atoms with Gasteiger partial charge >= 0.3 is 0 Å². The van der Waals surface area contributed by atoms with Gasteiger partial charge < -0.3 is 9.09 Å². The van der Waals surface area contributed by atoms with Crippen LogP contribution in [0.4, 0.5) is 0 Å². The van der Waals surface area contributed by atoms with Gasteiger partial charge in [0.2, 0.25) is 11.7 Å². The summed E-state index contributed by atoms with van der Waals surface area (Å²) in [6.45, 7) is 0.508. The molecule has 0 unspecified atom stereocenters. The molecule has 0 amide bonds. The van der Waals surface area contributed by atoms with E-state index in [1.54, 1.807) is 24.7 Å². The highest BCUT2D eigenvalue weighted by Crippen LogP contribution is 2.20. The number of halogens is 1. The van der Waals surface area contributed by atoms with E-state index in [0.717, 1.165) is 5.56 Å². The predicted molar refractivity (Wildman–Crippen MR) is 66.1 cm³/mol. The van der Waals surface area contributed by atoms with Crippen LogP contribution in [0.1, 0.15) is 5.89 Å². The molecule has 90 valence electrons. The van der Waals surface area contributed by atoms with E-state index in [-0.39, 0.29) is 0 Å². The molecule has 0 bridgehead atoms. The number of hydrogen-bond donors (Lipinski definition) is 0. The molecule has 3 aromatic rings. The van der Waals surface area contributed by atoms with Crippen molar-refractivity contribution >= 4 is 11.6 Å². The lowest BCUT2D eigenvalue weighted by Gasteiger charge is -1.95. The maximum Gasteiger partial charge on any atom is 0.246 e. The fourth-order valence-corrected chi connectivity index (χ4v) is 1.79. The molecule has 2 heterocycles. The summed E-state index contributed by atoms with van der Waals surface area (Å²) in [7, 11) is 0. The highest BCUT2D eigenvalue weighted by molar-refractivity contribution is 6.30. The van der Waals surface area contributed by atoms with E-state index in [9.17, 15) is 0 Å². The van der Waals surface area contributed by atoms with Crippen molar-refractivity contribution in [2.24, 2.45) is 0 Å². The summed E-state index contributed by atoms with van der Waals surface area (Å²) in [6.07, 6.45) is 5.24. The first-order chi connectivity index (χ1) is 8.81. The molecule has 0 aliphatic carbocycles. The van der Waals surface area contributed by atoms with Gasteiger partial charge in [-0.25, -0.2) is 4.98 Å². The Morgan fingerprint density at radius 1 is 1.33 bits per heavy atom. The summed E-state index contributed by atoms with van der Waals surface area (Å²) in [4.78, 5) is 8.26. The molecular weight excluding hydrogens is 252 g/mol. The van der Waals surface area contributed by atoms with Crippen LogP contribution < -0.4 is 0 Å². The van der Waals surface area contributed by atoms with Crippen LogP contribution in [-0.4, -0.2) is 19.7 Å². The molecular formula is C12H9ClN4O. The molecule has 0 saturated carbocycles. The van der Waals surface area contributed by atoms with E-state index in [1.807, 2.05) is 22.9 Å². The van der Waals surface area contributed by atoms with Crippen LogP contribution in [0.2, 0.25) is 5.02 Å². The first-order valence-electron chi connectivity index (χ1n) is 5.35. The number of rotatable bonds is 3. The topological polar surface area (TPSA) is 56.7 Å². The lowest BCUT2D eigenvalue weighted by atomic mass is 10.2. The van der Waals surface area contributed by atoms with Gasteiger partial charge in [-0.3, -0.25) is 0 Å². The first-order valence-corrected chi connectivity index (χ1v) is 5.73. The van der Waals surface area contributed by atoms with Gasteiger partial charge in [0.1, 0.15) is 6.54 Å². The fourth-order valence-electron chi connectivity index (χ4n) is 1.60. The van der Waals surface area contributed by atoms with Gasteiger partial charge in [0.15, 0.2) is 0 Å². The molecule has 0 spiro atoms. The van der Waals surface area contributed by atoms with Crippen molar-refractivity contribution in [2.45, 2.75) is 6.54 Å². The molecule has 5 nitrogen and oxygen atoms in total. The number of benzene rings is 1. The van der Waals surface area contributed by atoms with E-state index in [1.165, 1.54) is 0 Å². The van der Waals surface area contributed by atoms with Gasteiger partial charge in [0.05, 0.1) is 6.33 Å². The van der Waals surface area contributed by atoms with Crippen LogP contribution >= 0.6 is 11.6 Å². The van der Waals surface area contributed by atoms with Gasteiger partial charge in [0.25, 0.3) is 0 Å². The van der Waals surface area contributed by atoms with Gasteiger partial charge in [-0.1, -0.05) is 28.9 Å². The summed E-state index contributed by atoms with van der Waals surface area (Å²) < 4.78 is 7.04. The summed E-state index contributed by atoms with van der Waals surface area (Å²) in [6, 6.07) is 7.34. The number of hydrogen-bond acceptors (Lipinski definition) is 4. The third kappa shape index (κ3) is 2.26. The summed E-state index contributed by atoms with van der Waals surface area (Å²) in [5.41, 5.74) is 0.836. The Balaban J connectivity index is 1.85. The Morgan fingerprint density at radius 2 is 2.28 bits per heavy atom. The predicted octanol–water partition coefficient (Wildman–Crippen LogP) is 2.63. The molecule has 3 rings (SSSR count). The molecule has 0 N–H and O–H groups in total. The van der Waals surface area contributed by atoms with E-state index in [0.29, 0.717) is 23.3 Å². The molecule has 6 heteroatoms. The van der Waals surface area contributed by atoms with Crippen LogP contribution in [0.5, 0.6) is 0 Å². The molecule has 1 aromatic carbocycles. The molecule has 2 aromatic heterocycles. The van der Waals surface area contributed by atoms with E-state index in [2.05, 4.69) is 15.1 Å². The summed E-state index contributed by atoms with van der Waals surface area (Å²) in [5.74, 6) is 1.07. The maximum atomic E-state index is 5.92. The van der Waals surface area contributed by atoms with Crippen LogP contribution in [0.3, 0.4) is 0 Å². The Bertz CT molecular complexity index is 648. The zero-order valence-electron chi connectivity index (χ0n) is 9.32. The SMILES string of the molecule is Clc1cccc(-c2noc(Cn3ccnc3)n2)c1. The zero-order valence-corrected chi connectivity index (χ0v) is 10.1. The molecule has 18 heavy (non-hydrogen) atoms. The number of nitrogens with zero attached hydrogens (tertiary/aromatic N) is 4. The van der Waals surface area contributed by atoms with Crippen molar-refractivity contribution in [1.82, 2.24) is 19.7 Å². The van der Waals surface area contributed by atoms with Crippen molar-refractivity contribution in [3.63, 3.8) is 0 Å². The third-order valence-electron chi connectivity index (χ3n) is 2.43. The van der Waals surface area contributed by atoms with Crippen molar-refractivity contribution in [2.75, 3.05) is 0 Å². The third-order valence-corrected chi connectivity index (χ3v) is 2.66. The number of imidazole rings is 1. The monoisotopic (exact) mass is 260 g/mol. The molecule has 0 radical (unpaired) electrons. The Labute approximate surface area is 108 Å². The highest BCUT2D eigenvalue weighted by atomic mass is 35.5. The standard InChI is InChI=1S/C12H9ClN4O/c13-10-3-1-2-9(6-10)12-15-11(18-16-12)7-17-5-4-14-8-17/h1-6,8H,7H2. The van der Waals surface area contributed by atoms with Gasteiger partial charge in [0, 0.05) is 23.0 Å². The minimum absolute atomic E-state index is 0.508. The van der Waals surface area contributed by atoms with Crippen LogP contribution in [0.15, 0.2) is 47.5 Å². The van der Waals surface area contributed by atoms with Crippen molar-refractivity contribution in [3.8, 4) is 11.4 Å². The number of aromatic nitrogens is 4. The molecule has 0 atom stereocenters. The molecule has 0 saturated heterocycles. The normalized spacial score (nSPS) is 10.7. The average Bonchev–Trinajstić information content (AvgIpc) is 3.01. The van der Waals surface area contributed by atoms with Crippen molar-refractivity contribution < 1.29 is 4.52 Å². The molecule has 0 aliphatic heterocycles. The summed E-state index contributed by atoms with van der Waals surface area (Å²) in [5, 5.41) is 4.58. The largest absolute Gasteiger partial charge is 0.337 e. The lowest BCUT2D eigenvalue weighted by Crippen LogP contribution is -1.96. The van der Waals surface area contributed by atoms with Crippen LogP contribution in [-0.2, 0) is 6.54 Å². The maximum absolute atomic E-state index is 5.92. The van der Waals surface area contributed by atoms with Gasteiger partial charge in [-0.15, -0.1) is 0 Å². The average molecular weight is 261 g/mol. The fraction of sp³-hybridized carbons (Fsp3) is 0.0833. The highest BCUT2D eigenvalue weighted by Gasteiger charge is 2.09. The lowest BCUT2D eigenvalue weighted by molar-refractivity contribution is 0.371. The van der Waals surface area contributed by atoms with Crippen LogP contribution in [0.25, 0.3) is 11.4 Å². The van der Waals surface area contributed by atoms with Crippen molar-refractivity contribution in [3.05, 3.63) is 53.9 Å². The smallest absolute Gasteiger partial charge is 0.246 e. The second kappa shape index (κ2) is 4.62. The van der Waals surface area contributed by atoms with E-state index in [4.69, 9.17) is 16.1 Å². The first kappa shape index (κ1) is 11.0. The quantitative estimate of drug-likeness (QED) is 0.726. The van der Waals surface area contributed by atoms with Crippen molar-refractivity contribution in [1.29, 1.82) is 0 Å². The van der Waals surface area contributed by atoms with Gasteiger partial charge in [-0.05, 0) is 12.1 Å². The minimum atomic E-state index is 0.508. The summed E-state index contributed by atoms with van der Waals surface area (Å²) >= 11 is 5.92. The Morgan fingerprint density at radius 3 is 3.06 bits per heavy atom. The van der Waals surface area contributed by atoms with E-state index < -0.39 is 0 Å². The zero-order chi connectivity index (χ0) is 12.4. The Hall–Kier alpha value is -2.14. The second-order valence-electron chi connectivity index (χ2n) is 3.76.